The summed E-state index contributed by atoms with van der Waals surface area (Å²) in [6.45, 7) is 2.13. The minimum atomic E-state index is -3.77. The molecular weight excluding hydrogens is 392 g/mol. The van der Waals surface area contributed by atoms with Crippen molar-refractivity contribution in [1.29, 1.82) is 0 Å². The van der Waals surface area contributed by atoms with E-state index in [0.29, 0.717) is 12.1 Å². The first-order chi connectivity index (χ1) is 13.4. The summed E-state index contributed by atoms with van der Waals surface area (Å²) in [5.74, 6) is -0.319. The van der Waals surface area contributed by atoms with E-state index in [0.717, 1.165) is 28.0 Å². The molecule has 0 aliphatic carbocycles. The van der Waals surface area contributed by atoms with Gasteiger partial charge in [0.05, 0.1) is 0 Å². The van der Waals surface area contributed by atoms with Gasteiger partial charge in [-0.25, -0.2) is 8.42 Å². The number of aryl methyl sites for hydroxylation is 1. The Hall–Kier alpha value is -2.48. The molecule has 0 fully saturated rings. The van der Waals surface area contributed by atoms with E-state index in [1.165, 1.54) is 4.31 Å². The summed E-state index contributed by atoms with van der Waals surface area (Å²) in [6.07, 6.45) is 0.346. The normalized spacial score (nSPS) is 17.1. The zero-order valence-electron chi connectivity index (χ0n) is 15.3. The van der Waals surface area contributed by atoms with E-state index in [-0.39, 0.29) is 16.7 Å². The molecule has 1 aliphatic heterocycles. The number of hydrogen-bond acceptors (Lipinski definition) is 4. The van der Waals surface area contributed by atoms with Gasteiger partial charge < -0.3 is 5.32 Å². The number of hydrogen-bond donors (Lipinski definition) is 1. The molecule has 4 rings (SSSR count). The molecule has 0 saturated carbocycles. The maximum atomic E-state index is 13.2. The van der Waals surface area contributed by atoms with Gasteiger partial charge in [0.15, 0.2) is 0 Å². The summed E-state index contributed by atoms with van der Waals surface area (Å²) in [5.41, 5.74) is 3.62. The molecule has 0 saturated heterocycles. The highest BCUT2D eigenvalue weighted by molar-refractivity contribution is 7.91. The SMILES string of the molecule is Cc1cccc(NC(=O)[C@H]2Cc3ccccc3CN2S(=O)(=O)c2cccs2)c1. The van der Waals surface area contributed by atoms with Crippen LogP contribution in [0.15, 0.2) is 70.3 Å². The third-order valence-electron chi connectivity index (χ3n) is 4.85. The van der Waals surface area contributed by atoms with Crippen molar-refractivity contribution in [3.05, 3.63) is 82.7 Å². The average molecular weight is 413 g/mol. The van der Waals surface area contributed by atoms with Crippen molar-refractivity contribution in [3.63, 3.8) is 0 Å². The van der Waals surface area contributed by atoms with Crippen molar-refractivity contribution in [3.8, 4) is 0 Å². The van der Waals surface area contributed by atoms with Crippen molar-refractivity contribution >= 4 is 33.0 Å². The van der Waals surface area contributed by atoms with Gasteiger partial charge in [-0.3, -0.25) is 4.79 Å². The number of nitrogens with one attached hydrogen (secondary N) is 1. The fourth-order valence-corrected chi connectivity index (χ4v) is 6.13. The van der Waals surface area contributed by atoms with E-state index in [1.54, 1.807) is 23.6 Å². The Labute approximate surface area is 168 Å². The highest BCUT2D eigenvalue weighted by Crippen LogP contribution is 2.31. The number of thiophene rings is 1. The Bertz CT molecular complexity index is 1110. The van der Waals surface area contributed by atoms with E-state index < -0.39 is 16.1 Å². The number of fused-ring (bicyclic) bond motifs is 1. The minimum Gasteiger partial charge on any atom is -0.325 e. The summed E-state index contributed by atoms with van der Waals surface area (Å²) < 4.78 is 28.0. The molecule has 0 bridgehead atoms. The maximum absolute atomic E-state index is 13.2. The smallest absolute Gasteiger partial charge is 0.253 e. The molecule has 1 atom stereocenters. The largest absolute Gasteiger partial charge is 0.325 e. The average Bonchev–Trinajstić information content (AvgIpc) is 3.22. The Kier molecular flexibility index (Phi) is 5.05. The fourth-order valence-electron chi connectivity index (χ4n) is 3.45. The second-order valence-corrected chi connectivity index (χ2v) is 9.89. The standard InChI is InChI=1S/C21H20N2O3S2/c1-15-6-4-9-18(12-15)22-21(24)19-13-16-7-2-3-8-17(16)14-23(19)28(25,26)20-10-5-11-27-20/h2-12,19H,13-14H2,1H3,(H,22,24)/t19-/m1/s1. The van der Waals surface area contributed by atoms with Gasteiger partial charge in [-0.15, -0.1) is 11.3 Å². The van der Waals surface area contributed by atoms with Crippen LogP contribution in [-0.2, 0) is 27.8 Å². The third-order valence-corrected chi connectivity index (χ3v) is 8.08. The van der Waals surface area contributed by atoms with Crippen LogP contribution < -0.4 is 5.32 Å². The molecular formula is C21H20N2O3S2. The highest BCUT2D eigenvalue weighted by Gasteiger charge is 2.40. The van der Waals surface area contributed by atoms with Gasteiger partial charge in [0.1, 0.15) is 10.3 Å². The first kappa shape index (κ1) is 18.9. The van der Waals surface area contributed by atoms with Crippen LogP contribution in [0.3, 0.4) is 0 Å². The third kappa shape index (κ3) is 3.61. The Balaban J connectivity index is 1.70. The number of sulfonamides is 1. The van der Waals surface area contributed by atoms with E-state index in [2.05, 4.69) is 5.32 Å². The van der Waals surface area contributed by atoms with Crippen molar-refractivity contribution in [2.45, 2.75) is 30.1 Å². The van der Waals surface area contributed by atoms with Crippen LogP contribution >= 0.6 is 11.3 Å². The topological polar surface area (TPSA) is 66.5 Å². The van der Waals surface area contributed by atoms with Gasteiger partial charge in [0.2, 0.25) is 5.91 Å². The molecule has 5 nitrogen and oxygen atoms in total. The van der Waals surface area contributed by atoms with Gasteiger partial charge in [0, 0.05) is 12.2 Å². The van der Waals surface area contributed by atoms with Gasteiger partial charge >= 0.3 is 0 Å². The lowest BCUT2D eigenvalue weighted by Gasteiger charge is -2.34. The predicted octanol–water partition coefficient (Wildman–Crippen LogP) is 3.81. The Morgan fingerprint density at radius 2 is 1.86 bits per heavy atom. The summed E-state index contributed by atoms with van der Waals surface area (Å²) in [5, 5.41) is 4.62. The first-order valence-electron chi connectivity index (χ1n) is 8.95. The van der Waals surface area contributed by atoms with E-state index in [1.807, 2.05) is 49.4 Å². The van der Waals surface area contributed by atoms with E-state index in [4.69, 9.17) is 0 Å². The second kappa shape index (κ2) is 7.50. The van der Waals surface area contributed by atoms with E-state index in [9.17, 15) is 13.2 Å². The molecule has 1 N–H and O–H groups in total. The van der Waals surface area contributed by atoms with E-state index >= 15 is 0 Å². The quantitative estimate of drug-likeness (QED) is 0.709. The number of carbonyl (C=O) groups is 1. The van der Waals surface area contributed by atoms with Crippen molar-refractivity contribution in [2.75, 3.05) is 5.32 Å². The lowest BCUT2D eigenvalue weighted by molar-refractivity contribution is -0.120. The molecule has 0 radical (unpaired) electrons. The molecule has 2 heterocycles. The molecule has 7 heteroatoms. The van der Waals surface area contributed by atoms with Crippen LogP contribution in [0.25, 0.3) is 0 Å². The lowest BCUT2D eigenvalue weighted by Crippen LogP contribution is -2.50. The first-order valence-corrected chi connectivity index (χ1v) is 11.3. The zero-order valence-corrected chi connectivity index (χ0v) is 17.0. The maximum Gasteiger partial charge on any atom is 0.253 e. The fraction of sp³-hybridized carbons (Fsp3) is 0.190. The van der Waals surface area contributed by atoms with Gasteiger partial charge in [-0.05, 0) is 53.6 Å². The Morgan fingerprint density at radius 3 is 2.57 bits per heavy atom. The summed E-state index contributed by atoms with van der Waals surface area (Å²) >= 11 is 1.16. The number of amides is 1. The molecule has 1 amide bonds. The van der Waals surface area contributed by atoms with Crippen LogP contribution in [0, 0.1) is 6.92 Å². The number of nitrogens with zero attached hydrogens (tertiary/aromatic N) is 1. The minimum absolute atomic E-state index is 0.183. The van der Waals surface area contributed by atoms with Crippen LogP contribution in [0.5, 0.6) is 0 Å². The predicted molar refractivity (Wildman–Crippen MR) is 111 cm³/mol. The molecule has 0 spiro atoms. The molecule has 3 aromatic rings. The Morgan fingerprint density at radius 1 is 1.07 bits per heavy atom. The van der Waals surface area contributed by atoms with Crippen molar-refractivity contribution in [2.24, 2.45) is 0 Å². The number of benzene rings is 2. The van der Waals surface area contributed by atoms with Crippen LogP contribution in [-0.4, -0.2) is 24.7 Å². The van der Waals surface area contributed by atoms with Crippen LogP contribution in [0.1, 0.15) is 16.7 Å². The molecule has 0 unspecified atom stereocenters. The lowest BCUT2D eigenvalue weighted by atomic mass is 9.95. The van der Waals surface area contributed by atoms with Gasteiger partial charge in [-0.2, -0.15) is 4.31 Å². The number of rotatable bonds is 4. The number of anilines is 1. The second-order valence-electron chi connectivity index (χ2n) is 6.83. The zero-order chi connectivity index (χ0) is 19.7. The monoisotopic (exact) mass is 412 g/mol. The summed E-state index contributed by atoms with van der Waals surface area (Å²) in [4.78, 5) is 13.1. The van der Waals surface area contributed by atoms with Gasteiger partial charge in [0.25, 0.3) is 10.0 Å². The van der Waals surface area contributed by atoms with Crippen LogP contribution in [0.4, 0.5) is 5.69 Å². The van der Waals surface area contributed by atoms with Gasteiger partial charge in [-0.1, -0.05) is 42.5 Å². The molecule has 2 aromatic carbocycles. The van der Waals surface area contributed by atoms with Crippen molar-refractivity contribution in [1.82, 2.24) is 4.31 Å². The summed E-state index contributed by atoms with van der Waals surface area (Å²) in [6, 6.07) is 17.6. The number of carbonyl (C=O) groups excluding carboxylic acids is 1. The molecule has 1 aliphatic rings. The highest BCUT2D eigenvalue weighted by atomic mass is 32.2. The van der Waals surface area contributed by atoms with Crippen LogP contribution in [0.2, 0.25) is 0 Å². The molecule has 1 aromatic heterocycles. The van der Waals surface area contributed by atoms with Crippen molar-refractivity contribution < 1.29 is 13.2 Å². The molecule has 28 heavy (non-hydrogen) atoms. The summed E-state index contributed by atoms with van der Waals surface area (Å²) in [7, 11) is -3.77. The molecule has 144 valence electrons.